The number of rotatable bonds is 3. The van der Waals surface area contributed by atoms with Crippen molar-refractivity contribution >= 4 is 11.7 Å². The normalized spacial score (nSPS) is 19.1. The molecule has 0 spiro atoms. The molecule has 122 valence electrons. The lowest BCUT2D eigenvalue weighted by atomic mass is 9.94. The van der Waals surface area contributed by atoms with Crippen molar-refractivity contribution < 1.29 is 4.79 Å². The van der Waals surface area contributed by atoms with Gasteiger partial charge < -0.3 is 10.2 Å². The van der Waals surface area contributed by atoms with Crippen molar-refractivity contribution in [2.45, 2.75) is 47.5 Å². The van der Waals surface area contributed by atoms with Crippen LogP contribution < -0.4 is 10.2 Å². The molecule has 1 N–H and O–H groups in total. The van der Waals surface area contributed by atoms with Crippen molar-refractivity contribution in [3.05, 3.63) is 17.6 Å². The summed E-state index contributed by atoms with van der Waals surface area (Å²) in [6, 6.07) is 0. The molecule has 2 heterocycles. The van der Waals surface area contributed by atoms with Gasteiger partial charge in [-0.25, -0.2) is 4.98 Å². The lowest BCUT2D eigenvalue weighted by molar-refractivity contribution is -0.128. The van der Waals surface area contributed by atoms with Crippen molar-refractivity contribution in [2.24, 2.45) is 11.3 Å². The molecule has 2 rings (SSSR count). The van der Waals surface area contributed by atoms with Gasteiger partial charge >= 0.3 is 0 Å². The van der Waals surface area contributed by atoms with Crippen LogP contribution in [0.1, 0.15) is 45.0 Å². The van der Waals surface area contributed by atoms with E-state index in [0.29, 0.717) is 5.92 Å². The van der Waals surface area contributed by atoms with Crippen LogP contribution in [0.3, 0.4) is 0 Å². The van der Waals surface area contributed by atoms with E-state index in [1.807, 2.05) is 40.8 Å². The zero-order valence-corrected chi connectivity index (χ0v) is 14.4. The van der Waals surface area contributed by atoms with Crippen molar-refractivity contribution in [2.75, 3.05) is 24.5 Å². The maximum Gasteiger partial charge on any atom is 0.225 e. The second kappa shape index (κ2) is 6.63. The highest BCUT2D eigenvalue weighted by molar-refractivity contribution is 5.81. The third-order valence-electron chi connectivity index (χ3n) is 4.10. The molecule has 1 atom stereocenters. The molecule has 1 amide bonds. The molecule has 1 aliphatic rings. The minimum Gasteiger partial charge on any atom is -0.355 e. The largest absolute Gasteiger partial charge is 0.355 e. The first-order valence-corrected chi connectivity index (χ1v) is 8.11. The first-order valence-electron chi connectivity index (χ1n) is 8.11. The third-order valence-corrected chi connectivity index (χ3v) is 4.10. The number of hydrogen-bond donors (Lipinski definition) is 1. The lowest BCUT2D eigenvalue weighted by Gasteiger charge is -2.34. The Balaban J connectivity index is 1.97. The predicted molar refractivity (Wildman–Crippen MR) is 88.9 cm³/mol. The van der Waals surface area contributed by atoms with Crippen LogP contribution in [0.2, 0.25) is 0 Å². The van der Waals surface area contributed by atoms with Crippen LogP contribution in [0.5, 0.6) is 0 Å². The molecule has 1 aromatic rings. The molecule has 5 heteroatoms. The summed E-state index contributed by atoms with van der Waals surface area (Å²) < 4.78 is 0. The van der Waals surface area contributed by atoms with E-state index in [9.17, 15) is 4.79 Å². The van der Waals surface area contributed by atoms with Gasteiger partial charge in [0.2, 0.25) is 5.91 Å². The van der Waals surface area contributed by atoms with Crippen LogP contribution in [-0.4, -0.2) is 35.5 Å². The van der Waals surface area contributed by atoms with Gasteiger partial charge in [0.05, 0.1) is 11.4 Å². The zero-order valence-electron chi connectivity index (χ0n) is 14.4. The number of aryl methyl sites for hydroxylation is 2. The molecule has 1 aromatic heterocycles. The summed E-state index contributed by atoms with van der Waals surface area (Å²) in [5.41, 5.74) is 1.60. The van der Waals surface area contributed by atoms with E-state index in [1.165, 1.54) is 0 Å². The highest BCUT2D eigenvalue weighted by Gasteiger charge is 2.25. The SMILES string of the molecule is Cc1cnc(C)c(N2CCCC(CNC(=O)C(C)(C)C)C2)n1. The Labute approximate surface area is 133 Å². The van der Waals surface area contributed by atoms with Crippen LogP contribution in [0, 0.1) is 25.2 Å². The van der Waals surface area contributed by atoms with Crippen molar-refractivity contribution in [1.82, 2.24) is 15.3 Å². The maximum atomic E-state index is 12.0. The summed E-state index contributed by atoms with van der Waals surface area (Å²) >= 11 is 0. The second-order valence-electron chi connectivity index (χ2n) is 7.33. The maximum absolute atomic E-state index is 12.0. The summed E-state index contributed by atoms with van der Waals surface area (Å²) in [4.78, 5) is 23.4. The fourth-order valence-corrected chi connectivity index (χ4v) is 2.75. The molecule has 1 aliphatic heterocycles. The number of aromatic nitrogens is 2. The molecule has 1 fully saturated rings. The quantitative estimate of drug-likeness (QED) is 0.932. The molecule has 1 unspecified atom stereocenters. The Morgan fingerprint density at radius 1 is 1.41 bits per heavy atom. The average Bonchev–Trinajstić information content (AvgIpc) is 2.46. The first kappa shape index (κ1) is 16.7. The van der Waals surface area contributed by atoms with Crippen LogP contribution in [0.4, 0.5) is 5.82 Å². The van der Waals surface area contributed by atoms with E-state index in [-0.39, 0.29) is 11.3 Å². The van der Waals surface area contributed by atoms with Gasteiger partial charge in [0.25, 0.3) is 0 Å². The topological polar surface area (TPSA) is 58.1 Å². The molecule has 1 saturated heterocycles. The highest BCUT2D eigenvalue weighted by Crippen LogP contribution is 2.23. The van der Waals surface area contributed by atoms with E-state index in [2.05, 4.69) is 20.2 Å². The molecule has 0 aliphatic carbocycles. The van der Waals surface area contributed by atoms with Gasteiger partial charge in [-0.05, 0) is 32.6 Å². The number of anilines is 1. The summed E-state index contributed by atoms with van der Waals surface area (Å²) in [6.45, 7) is 12.5. The minimum absolute atomic E-state index is 0.121. The Hall–Kier alpha value is -1.65. The molecule has 22 heavy (non-hydrogen) atoms. The predicted octanol–water partition coefficient (Wildman–Crippen LogP) is 2.47. The Morgan fingerprint density at radius 3 is 2.82 bits per heavy atom. The van der Waals surface area contributed by atoms with Gasteiger partial charge in [-0.3, -0.25) is 9.78 Å². The number of carbonyl (C=O) groups is 1. The molecular weight excluding hydrogens is 276 g/mol. The van der Waals surface area contributed by atoms with Gasteiger partial charge in [-0.15, -0.1) is 0 Å². The molecule has 0 saturated carbocycles. The summed E-state index contributed by atoms with van der Waals surface area (Å²) in [5, 5.41) is 3.09. The van der Waals surface area contributed by atoms with Gasteiger partial charge in [0, 0.05) is 31.2 Å². The van der Waals surface area contributed by atoms with E-state index < -0.39 is 0 Å². The Kier molecular flexibility index (Phi) is 5.04. The molecule has 0 bridgehead atoms. The van der Waals surface area contributed by atoms with Gasteiger partial charge in [0.15, 0.2) is 0 Å². The number of amides is 1. The van der Waals surface area contributed by atoms with Crippen LogP contribution in [0.15, 0.2) is 6.20 Å². The van der Waals surface area contributed by atoms with Crippen molar-refractivity contribution in [3.8, 4) is 0 Å². The zero-order chi connectivity index (χ0) is 16.3. The van der Waals surface area contributed by atoms with E-state index in [1.54, 1.807) is 0 Å². The molecule has 5 nitrogen and oxygen atoms in total. The fourth-order valence-electron chi connectivity index (χ4n) is 2.75. The molecule has 0 aromatic carbocycles. The van der Waals surface area contributed by atoms with E-state index in [0.717, 1.165) is 49.7 Å². The van der Waals surface area contributed by atoms with Gasteiger partial charge in [-0.2, -0.15) is 0 Å². The van der Waals surface area contributed by atoms with E-state index >= 15 is 0 Å². The van der Waals surface area contributed by atoms with Gasteiger partial charge in [0.1, 0.15) is 5.82 Å². The molecule has 0 radical (unpaired) electrons. The standard InChI is InChI=1S/C17H28N4O/c1-12-9-18-13(2)15(20-12)21-8-6-7-14(11-21)10-19-16(22)17(3,4)5/h9,14H,6-8,10-11H2,1-5H3,(H,19,22). The Bertz CT molecular complexity index is 536. The van der Waals surface area contributed by atoms with Crippen LogP contribution in [-0.2, 0) is 4.79 Å². The number of nitrogens with zero attached hydrogens (tertiary/aromatic N) is 3. The lowest BCUT2D eigenvalue weighted by Crippen LogP contribution is -2.44. The Morgan fingerprint density at radius 2 is 2.14 bits per heavy atom. The smallest absolute Gasteiger partial charge is 0.225 e. The van der Waals surface area contributed by atoms with Crippen LogP contribution >= 0.6 is 0 Å². The second-order valence-corrected chi connectivity index (χ2v) is 7.33. The summed E-state index contributed by atoms with van der Waals surface area (Å²) in [5.74, 6) is 1.59. The fraction of sp³-hybridized carbons (Fsp3) is 0.706. The van der Waals surface area contributed by atoms with Crippen molar-refractivity contribution in [1.29, 1.82) is 0 Å². The summed E-state index contributed by atoms with van der Waals surface area (Å²) in [7, 11) is 0. The van der Waals surface area contributed by atoms with E-state index in [4.69, 9.17) is 0 Å². The first-order chi connectivity index (χ1) is 10.3. The number of carbonyl (C=O) groups excluding carboxylic acids is 1. The van der Waals surface area contributed by atoms with Crippen molar-refractivity contribution in [3.63, 3.8) is 0 Å². The number of piperidine rings is 1. The van der Waals surface area contributed by atoms with Gasteiger partial charge in [-0.1, -0.05) is 20.8 Å². The van der Waals surface area contributed by atoms with Crippen LogP contribution in [0.25, 0.3) is 0 Å². The monoisotopic (exact) mass is 304 g/mol. The number of hydrogen-bond acceptors (Lipinski definition) is 4. The average molecular weight is 304 g/mol. The minimum atomic E-state index is -0.326. The number of nitrogens with one attached hydrogen (secondary N) is 1. The highest BCUT2D eigenvalue weighted by atomic mass is 16.2. The third kappa shape index (κ3) is 4.18. The molecular formula is C17H28N4O. The summed E-state index contributed by atoms with van der Waals surface area (Å²) in [6.07, 6.45) is 4.09.